The van der Waals surface area contributed by atoms with Gasteiger partial charge in [0.05, 0.1) is 5.75 Å². The molecule has 0 aliphatic carbocycles. The van der Waals surface area contributed by atoms with Crippen LogP contribution in [0.5, 0.6) is 0 Å². The zero-order valence-electron chi connectivity index (χ0n) is 19.8. The molecule has 0 saturated carbocycles. The lowest BCUT2D eigenvalue weighted by Crippen LogP contribution is -2.54. The van der Waals surface area contributed by atoms with Crippen molar-refractivity contribution in [2.24, 2.45) is 0 Å². The van der Waals surface area contributed by atoms with Crippen LogP contribution >= 0.6 is 27.7 Å². The molecule has 3 aromatic rings. The van der Waals surface area contributed by atoms with Crippen LogP contribution in [0.4, 0.5) is 0 Å². The lowest BCUT2D eigenvalue weighted by molar-refractivity contribution is -0.140. The fraction of sp³-hybridized carbons (Fsp3) is 0.286. The zero-order chi connectivity index (χ0) is 24.6. The molecule has 0 saturated heterocycles. The van der Waals surface area contributed by atoms with Gasteiger partial charge < -0.3 is 10.2 Å². The van der Waals surface area contributed by atoms with Crippen LogP contribution in [0.15, 0.2) is 94.3 Å². The molecule has 3 aromatic carbocycles. The molecule has 2 amide bonds. The number of halogens is 1. The van der Waals surface area contributed by atoms with Crippen LogP contribution in [0, 0.1) is 0 Å². The first-order chi connectivity index (χ1) is 16.2. The van der Waals surface area contributed by atoms with Gasteiger partial charge in [-0.15, -0.1) is 11.8 Å². The lowest BCUT2D eigenvalue weighted by Gasteiger charge is -2.34. The molecule has 0 spiro atoms. The van der Waals surface area contributed by atoms with Gasteiger partial charge in [0, 0.05) is 27.9 Å². The van der Waals surface area contributed by atoms with Gasteiger partial charge in [0.25, 0.3) is 0 Å². The number of nitrogens with zero attached hydrogens (tertiary/aromatic N) is 1. The largest absolute Gasteiger partial charge is 0.350 e. The summed E-state index contributed by atoms with van der Waals surface area (Å²) in [5, 5.41) is 3.10. The van der Waals surface area contributed by atoms with Crippen LogP contribution in [0.2, 0.25) is 0 Å². The molecule has 4 nitrogen and oxygen atoms in total. The maximum atomic E-state index is 13.6. The molecule has 1 N–H and O–H groups in total. The summed E-state index contributed by atoms with van der Waals surface area (Å²) in [4.78, 5) is 29.9. The van der Waals surface area contributed by atoms with Crippen molar-refractivity contribution in [2.75, 3.05) is 5.75 Å². The highest BCUT2D eigenvalue weighted by molar-refractivity contribution is 9.10. The number of benzene rings is 3. The summed E-state index contributed by atoms with van der Waals surface area (Å²) >= 11 is 4.96. The maximum Gasteiger partial charge on any atom is 0.243 e. The van der Waals surface area contributed by atoms with Gasteiger partial charge >= 0.3 is 0 Å². The van der Waals surface area contributed by atoms with Gasteiger partial charge in [-0.05, 0) is 56.2 Å². The predicted octanol–water partition coefficient (Wildman–Crippen LogP) is 6.10. The fourth-order valence-corrected chi connectivity index (χ4v) is 4.61. The van der Waals surface area contributed by atoms with Gasteiger partial charge in [-0.25, -0.2) is 0 Å². The molecule has 0 aliphatic rings. The number of amides is 2. The van der Waals surface area contributed by atoms with Gasteiger partial charge in [0.15, 0.2) is 0 Å². The second kappa shape index (κ2) is 12.2. The molecule has 0 aliphatic heterocycles. The maximum absolute atomic E-state index is 13.6. The van der Waals surface area contributed by atoms with E-state index in [0.717, 1.165) is 20.5 Å². The van der Waals surface area contributed by atoms with Crippen molar-refractivity contribution in [3.63, 3.8) is 0 Å². The quantitative estimate of drug-likeness (QED) is 0.335. The third-order valence-electron chi connectivity index (χ3n) is 5.14. The Hall–Kier alpha value is -2.57. The second-order valence-corrected chi connectivity index (χ2v) is 11.2. The number of thioether (sulfide) groups is 1. The Morgan fingerprint density at radius 1 is 0.882 bits per heavy atom. The van der Waals surface area contributed by atoms with Crippen LogP contribution in [-0.4, -0.2) is 34.0 Å². The normalized spacial score (nSPS) is 12.1. The van der Waals surface area contributed by atoms with Crippen molar-refractivity contribution >= 4 is 39.5 Å². The Morgan fingerprint density at radius 3 is 2.06 bits per heavy atom. The minimum atomic E-state index is -0.630. The minimum absolute atomic E-state index is 0.0678. The van der Waals surface area contributed by atoms with Crippen molar-refractivity contribution < 1.29 is 9.59 Å². The molecule has 34 heavy (non-hydrogen) atoms. The van der Waals surface area contributed by atoms with Gasteiger partial charge in [-0.1, -0.05) is 76.6 Å². The summed E-state index contributed by atoms with van der Waals surface area (Å²) < 4.78 is 0.972. The van der Waals surface area contributed by atoms with E-state index in [9.17, 15) is 9.59 Å². The van der Waals surface area contributed by atoms with Crippen molar-refractivity contribution in [1.29, 1.82) is 0 Å². The summed E-state index contributed by atoms with van der Waals surface area (Å²) in [6.07, 6.45) is 0.445. The molecule has 0 bridgehead atoms. The van der Waals surface area contributed by atoms with Crippen LogP contribution < -0.4 is 5.32 Å². The molecule has 0 heterocycles. The molecule has 1 atom stereocenters. The monoisotopic (exact) mass is 538 g/mol. The van der Waals surface area contributed by atoms with E-state index < -0.39 is 11.6 Å². The Kier molecular flexibility index (Phi) is 9.36. The highest BCUT2D eigenvalue weighted by Crippen LogP contribution is 2.22. The first-order valence-corrected chi connectivity index (χ1v) is 13.1. The SMILES string of the molecule is CC(C)(C)NC(=O)C(Cc1ccccc1)N(Cc1ccc(Br)cc1)C(=O)CSc1ccccc1. The summed E-state index contributed by atoms with van der Waals surface area (Å²) in [5.41, 5.74) is 1.58. The number of carbonyl (C=O) groups is 2. The number of rotatable bonds is 9. The van der Waals surface area contributed by atoms with Crippen molar-refractivity contribution in [3.8, 4) is 0 Å². The minimum Gasteiger partial charge on any atom is -0.350 e. The summed E-state index contributed by atoms with van der Waals surface area (Å²) in [6.45, 7) is 6.22. The smallest absolute Gasteiger partial charge is 0.243 e. The lowest BCUT2D eigenvalue weighted by atomic mass is 10.0. The molecule has 1 unspecified atom stereocenters. The van der Waals surface area contributed by atoms with Crippen LogP contribution in [0.3, 0.4) is 0 Å². The van der Waals surface area contributed by atoms with E-state index in [1.807, 2.05) is 106 Å². The average Bonchev–Trinajstić information content (AvgIpc) is 2.81. The molecule has 3 rings (SSSR count). The molecule has 0 fully saturated rings. The average molecular weight is 540 g/mol. The number of nitrogens with one attached hydrogen (secondary N) is 1. The number of hydrogen-bond donors (Lipinski definition) is 1. The van der Waals surface area contributed by atoms with Gasteiger partial charge in [-0.2, -0.15) is 0 Å². The predicted molar refractivity (Wildman–Crippen MR) is 144 cm³/mol. The Balaban J connectivity index is 1.91. The van der Waals surface area contributed by atoms with E-state index in [4.69, 9.17) is 0 Å². The van der Waals surface area contributed by atoms with Gasteiger partial charge in [0.1, 0.15) is 6.04 Å². The number of carbonyl (C=O) groups excluding carboxylic acids is 2. The van der Waals surface area contributed by atoms with E-state index in [1.165, 1.54) is 11.8 Å². The van der Waals surface area contributed by atoms with E-state index in [-0.39, 0.29) is 17.6 Å². The Bertz CT molecular complexity index is 1070. The first kappa shape index (κ1) is 26.0. The van der Waals surface area contributed by atoms with Crippen LogP contribution in [0.25, 0.3) is 0 Å². The molecule has 178 valence electrons. The van der Waals surface area contributed by atoms with E-state index in [1.54, 1.807) is 4.90 Å². The highest BCUT2D eigenvalue weighted by Gasteiger charge is 2.32. The molecular formula is C28H31BrN2O2S. The summed E-state index contributed by atoms with van der Waals surface area (Å²) in [6, 6.07) is 27.0. The summed E-state index contributed by atoms with van der Waals surface area (Å²) in [7, 11) is 0. The number of hydrogen-bond acceptors (Lipinski definition) is 3. The Labute approximate surface area is 215 Å². The van der Waals surface area contributed by atoms with Gasteiger partial charge in [0.2, 0.25) is 11.8 Å². The second-order valence-electron chi connectivity index (χ2n) is 9.19. The Morgan fingerprint density at radius 2 is 1.47 bits per heavy atom. The molecule has 0 radical (unpaired) electrons. The van der Waals surface area contributed by atoms with Crippen LogP contribution in [0.1, 0.15) is 31.9 Å². The molecule has 6 heteroatoms. The van der Waals surface area contributed by atoms with Crippen molar-refractivity contribution in [2.45, 2.75) is 50.2 Å². The topological polar surface area (TPSA) is 49.4 Å². The van der Waals surface area contributed by atoms with E-state index in [2.05, 4.69) is 21.2 Å². The third-order valence-corrected chi connectivity index (χ3v) is 6.67. The fourth-order valence-electron chi connectivity index (χ4n) is 3.54. The van der Waals surface area contributed by atoms with Crippen molar-refractivity contribution in [3.05, 3.63) is 101 Å². The highest BCUT2D eigenvalue weighted by atomic mass is 79.9. The zero-order valence-corrected chi connectivity index (χ0v) is 22.2. The molecular weight excluding hydrogens is 508 g/mol. The van der Waals surface area contributed by atoms with Gasteiger partial charge in [-0.3, -0.25) is 9.59 Å². The first-order valence-electron chi connectivity index (χ1n) is 11.3. The van der Waals surface area contributed by atoms with Crippen molar-refractivity contribution in [1.82, 2.24) is 10.2 Å². The van der Waals surface area contributed by atoms with Crippen LogP contribution in [-0.2, 0) is 22.6 Å². The van der Waals surface area contributed by atoms with E-state index in [0.29, 0.717) is 13.0 Å². The summed E-state index contributed by atoms with van der Waals surface area (Å²) in [5.74, 6) is 0.0440. The third kappa shape index (κ3) is 8.33. The standard InChI is InChI=1S/C28H31BrN2O2S/c1-28(2,3)30-27(33)25(18-21-10-6-4-7-11-21)31(19-22-14-16-23(29)17-15-22)26(32)20-34-24-12-8-5-9-13-24/h4-17,25H,18-20H2,1-3H3,(H,30,33). The van der Waals surface area contributed by atoms with E-state index >= 15 is 0 Å². The molecule has 0 aromatic heterocycles.